The zero-order chi connectivity index (χ0) is 15.2. The van der Waals surface area contributed by atoms with E-state index >= 15 is 0 Å². The molecule has 1 amide bonds. The number of hydrogen-bond donors (Lipinski definition) is 2. The van der Waals surface area contributed by atoms with Gasteiger partial charge in [-0.05, 0) is 45.2 Å². The second kappa shape index (κ2) is 9.01. The quantitative estimate of drug-likeness (QED) is 0.844. The number of para-hydroxylation sites is 1. The maximum Gasteiger partial charge on any atom is 0.223 e. The molecule has 124 valence electrons. The average molecular weight is 327 g/mol. The fraction of sp³-hybridized carbons (Fsp3) is 0.588. The fourth-order valence-electron chi connectivity index (χ4n) is 3.00. The molecule has 4 nitrogen and oxygen atoms in total. The van der Waals surface area contributed by atoms with Crippen molar-refractivity contribution < 1.29 is 9.53 Å². The van der Waals surface area contributed by atoms with Crippen molar-refractivity contribution in [2.75, 3.05) is 6.54 Å². The molecule has 1 aromatic rings. The van der Waals surface area contributed by atoms with Crippen molar-refractivity contribution in [3.63, 3.8) is 0 Å². The molecule has 2 rings (SSSR count). The molecule has 0 saturated heterocycles. The van der Waals surface area contributed by atoms with Crippen molar-refractivity contribution in [2.24, 2.45) is 17.6 Å². The highest BCUT2D eigenvalue weighted by atomic mass is 35.5. The van der Waals surface area contributed by atoms with E-state index in [1.165, 1.54) is 0 Å². The number of halogens is 1. The molecule has 0 spiro atoms. The van der Waals surface area contributed by atoms with Crippen LogP contribution in [0.15, 0.2) is 24.3 Å². The smallest absolute Gasteiger partial charge is 0.223 e. The number of amides is 1. The van der Waals surface area contributed by atoms with E-state index in [0.717, 1.165) is 30.6 Å². The predicted molar refractivity (Wildman–Crippen MR) is 91.2 cm³/mol. The second-order valence-corrected chi connectivity index (χ2v) is 6.03. The maximum absolute atomic E-state index is 12.3. The molecule has 1 aromatic carbocycles. The minimum atomic E-state index is 0. The number of ether oxygens (including phenoxy) is 1. The van der Waals surface area contributed by atoms with Crippen molar-refractivity contribution >= 4 is 18.3 Å². The first kappa shape index (κ1) is 18.8. The third kappa shape index (κ3) is 4.89. The first-order valence-electron chi connectivity index (χ1n) is 7.84. The molecule has 0 radical (unpaired) electrons. The lowest BCUT2D eigenvalue weighted by atomic mass is 9.95. The monoisotopic (exact) mass is 326 g/mol. The van der Waals surface area contributed by atoms with Crippen molar-refractivity contribution in [1.29, 1.82) is 0 Å². The van der Waals surface area contributed by atoms with Crippen molar-refractivity contribution in [1.82, 2.24) is 5.32 Å². The van der Waals surface area contributed by atoms with Gasteiger partial charge >= 0.3 is 0 Å². The number of nitrogens with one attached hydrogen (secondary N) is 1. The van der Waals surface area contributed by atoms with E-state index in [1.807, 2.05) is 38.1 Å². The summed E-state index contributed by atoms with van der Waals surface area (Å²) in [5.74, 6) is 1.39. The number of hydrogen-bond acceptors (Lipinski definition) is 3. The van der Waals surface area contributed by atoms with Gasteiger partial charge in [0, 0.05) is 18.0 Å². The zero-order valence-corrected chi connectivity index (χ0v) is 14.2. The minimum Gasteiger partial charge on any atom is -0.491 e. The number of rotatable bonds is 6. The van der Waals surface area contributed by atoms with Crippen LogP contribution < -0.4 is 15.8 Å². The van der Waals surface area contributed by atoms with E-state index in [4.69, 9.17) is 10.5 Å². The maximum atomic E-state index is 12.3. The normalized spacial score (nSPS) is 20.5. The molecule has 22 heavy (non-hydrogen) atoms. The summed E-state index contributed by atoms with van der Waals surface area (Å²) >= 11 is 0. The average Bonchev–Trinajstić information content (AvgIpc) is 2.94. The molecule has 1 fully saturated rings. The zero-order valence-electron chi connectivity index (χ0n) is 13.4. The molecular formula is C17H27ClN2O2. The summed E-state index contributed by atoms with van der Waals surface area (Å²) in [6.45, 7) is 5.11. The van der Waals surface area contributed by atoms with E-state index in [2.05, 4.69) is 5.32 Å². The molecule has 2 atom stereocenters. The Bertz CT molecular complexity index is 479. The molecule has 0 aliphatic heterocycles. The van der Waals surface area contributed by atoms with Gasteiger partial charge in [-0.3, -0.25) is 4.79 Å². The van der Waals surface area contributed by atoms with Crippen LogP contribution in [0.1, 0.15) is 38.7 Å². The first-order valence-corrected chi connectivity index (χ1v) is 7.84. The van der Waals surface area contributed by atoms with Gasteiger partial charge in [0.05, 0.1) is 6.10 Å². The summed E-state index contributed by atoms with van der Waals surface area (Å²) in [7, 11) is 0. The van der Waals surface area contributed by atoms with E-state index < -0.39 is 0 Å². The van der Waals surface area contributed by atoms with Crippen LogP contribution in [0.25, 0.3) is 0 Å². The summed E-state index contributed by atoms with van der Waals surface area (Å²) in [6.07, 6.45) is 3.25. The Morgan fingerprint density at radius 1 is 1.36 bits per heavy atom. The van der Waals surface area contributed by atoms with Gasteiger partial charge in [-0.1, -0.05) is 24.6 Å². The summed E-state index contributed by atoms with van der Waals surface area (Å²) < 4.78 is 5.77. The van der Waals surface area contributed by atoms with Crippen LogP contribution in [0.3, 0.4) is 0 Å². The number of nitrogens with two attached hydrogens (primary N) is 1. The fourth-order valence-corrected chi connectivity index (χ4v) is 3.00. The van der Waals surface area contributed by atoms with Gasteiger partial charge in [0.15, 0.2) is 0 Å². The third-order valence-corrected chi connectivity index (χ3v) is 4.09. The van der Waals surface area contributed by atoms with Crippen molar-refractivity contribution in [3.8, 4) is 5.75 Å². The van der Waals surface area contributed by atoms with Crippen LogP contribution in [-0.4, -0.2) is 18.6 Å². The number of carbonyl (C=O) groups excluding carboxylic acids is 1. The van der Waals surface area contributed by atoms with Crippen LogP contribution in [0.5, 0.6) is 5.75 Å². The molecule has 1 aliphatic carbocycles. The molecule has 0 heterocycles. The predicted octanol–water partition coefficient (Wildman–Crippen LogP) is 2.89. The SMILES string of the molecule is CC(C)Oc1ccccc1CNC(=O)[C@@H]1CCC[C@@H]1CN.Cl. The highest BCUT2D eigenvalue weighted by Gasteiger charge is 2.31. The summed E-state index contributed by atoms with van der Waals surface area (Å²) in [6, 6.07) is 7.85. The number of carbonyl (C=O) groups is 1. The summed E-state index contributed by atoms with van der Waals surface area (Å²) in [5, 5.41) is 3.04. The molecular weight excluding hydrogens is 300 g/mol. The lowest BCUT2D eigenvalue weighted by Crippen LogP contribution is -2.34. The Balaban J connectivity index is 0.00000242. The van der Waals surface area contributed by atoms with Crippen LogP contribution >= 0.6 is 12.4 Å². The van der Waals surface area contributed by atoms with Gasteiger partial charge in [0.1, 0.15) is 5.75 Å². The Hall–Kier alpha value is -1.26. The van der Waals surface area contributed by atoms with Gasteiger partial charge < -0.3 is 15.8 Å². The van der Waals surface area contributed by atoms with Gasteiger partial charge in [-0.15, -0.1) is 12.4 Å². The van der Waals surface area contributed by atoms with Crippen LogP contribution in [0, 0.1) is 11.8 Å². The van der Waals surface area contributed by atoms with E-state index in [1.54, 1.807) is 0 Å². The van der Waals surface area contributed by atoms with Crippen LogP contribution in [0.2, 0.25) is 0 Å². The molecule has 1 saturated carbocycles. The molecule has 3 N–H and O–H groups in total. The van der Waals surface area contributed by atoms with E-state index in [-0.39, 0.29) is 30.3 Å². The Morgan fingerprint density at radius 3 is 2.77 bits per heavy atom. The molecule has 0 unspecified atom stereocenters. The van der Waals surface area contributed by atoms with Gasteiger partial charge in [-0.25, -0.2) is 0 Å². The largest absolute Gasteiger partial charge is 0.491 e. The second-order valence-electron chi connectivity index (χ2n) is 6.03. The Kier molecular flexibility index (Phi) is 7.69. The first-order chi connectivity index (χ1) is 10.1. The summed E-state index contributed by atoms with van der Waals surface area (Å²) in [4.78, 5) is 12.3. The molecule has 0 bridgehead atoms. The molecule has 5 heteroatoms. The molecule has 1 aliphatic rings. The third-order valence-electron chi connectivity index (χ3n) is 4.09. The molecule has 0 aromatic heterocycles. The van der Waals surface area contributed by atoms with E-state index in [9.17, 15) is 4.79 Å². The van der Waals surface area contributed by atoms with Gasteiger partial charge in [0.2, 0.25) is 5.91 Å². The minimum absolute atomic E-state index is 0. The lowest BCUT2D eigenvalue weighted by Gasteiger charge is -2.19. The Labute approximate surface area is 139 Å². The lowest BCUT2D eigenvalue weighted by molar-refractivity contribution is -0.126. The van der Waals surface area contributed by atoms with Crippen LogP contribution in [0.4, 0.5) is 0 Å². The standard InChI is InChI=1S/C17H26N2O2.ClH/c1-12(2)21-16-9-4-3-6-14(16)11-19-17(20)15-8-5-7-13(15)10-18;/h3-4,6,9,12-13,15H,5,7-8,10-11,18H2,1-2H3,(H,19,20);1H/t13-,15-;/m1./s1. The van der Waals surface area contributed by atoms with Crippen molar-refractivity contribution in [3.05, 3.63) is 29.8 Å². The summed E-state index contributed by atoms with van der Waals surface area (Å²) in [5.41, 5.74) is 6.76. The van der Waals surface area contributed by atoms with Crippen molar-refractivity contribution in [2.45, 2.75) is 45.8 Å². The number of benzene rings is 1. The van der Waals surface area contributed by atoms with Gasteiger partial charge in [-0.2, -0.15) is 0 Å². The van der Waals surface area contributed by atoms with Gasteiger partial charge in [0.25, 0.3) is 0 Å². The van der Waals surface area contributed by atoms with E-state index in [0.29, 0.717) is 19.0 Å². The highest BCUT2D eigenvalue weighted by molar-refractivity contribution is 5.85. The topological polar surface area (TPSA) is 64.3 Å². The Morgan fingerprint density at radius 2 is 2.09 bits per heavy atom. The highest BCUT2D eigenvalue weighted by Crippen LogP contribution is 2.31. The van der Waals surface area contributed by atoms with Crippen LogP contribution in [-0.2, 0) is 11.3 Å².